The van der Waals surface area contributed by atoms with Crippen molar-refractivity contribution in [3.8, 4) is 5.69 Å². The first-order valence-electron chi connectivity index (χ1n) is 8.22. The number of rotatable bonds is 3. The molecule has 0 bridgehead atoms. The number of para-hydroxylation sites is 1. The lowest BCUT2D eigenvalue weighted by Crippen LogP contribution is -2.18. The first kappa shape index (κ1) is 14.9. The van der Waals surface area contributed by atoms with Gasteiger partial charge >= 0.3 is 0 Å². The molecule has 0 saturated heterocycles. The molecule has 1 N–H and O–H groups in total. The number of anilines is 1. The zero-order chi connectivity index (χ0) is 16.7. The predicted octanol–water partition coefficient (Wildman–Crippen LogP) is 3.54. The molecule has 124 valence electrons. The number of fused-ring (bicyclic) bond motifs is 1. The fraction of sp³-hybridized carbons (Fsp3) is 0.333. The summed E-state index contributed by atoms with van der Waals surface area (Å²) in [6, 6.07) is 6.91. The Morgan fingerprint density at radius 3 is 2.88 bits per heavy atom. The van der Waals surface area contributed by atoms with Crippen LogP contribution in [0.4, 0.5) is 10.1 Å². The molecule has 5 nitrogen and oxygen atoms in total. The molecule has 4 rings (SSSR count). The molecule has 0 fully saturated rings. The summed E-state index contributed by atoms with van der Waals surface area (Å²) >= 11 is 0. The van der Waals surface area contributed by atoms with Crippen molar-refractivity contribution in [2.45, 2.75) is 32.2 Å². The molecule has 1 aliphatic carbocycles. The van der Waals surface area contributed by atoms with Gasteiger partial charge in [0.25, 0.3) is 0 Å². The van der Waals surface area contributed by atoms with E-state index in [2.05, 4.69) is 15.5 Å². The maximum absolute atomic E-state index is 14.0. The molecule has 1 aromatic carbocycles. The van der Waals surface area contributed by atoms with Crippen molar-refractivity contribution in [3.05, 3.63) is 59.4 Å². The first-order valence-corrected chi connectivity index (χ1v) is 8.22. The van der Waals surface area contributed by atoms with Gasteiger partial charge in [-0.1, -0.05) is 12.1 Å². The number of hydrogen-bond acceptors (Lipinski definition) is 3. The van der Waals surface area contributed by atoms with E-state index >= 15 is 0 Å². The van der Waals surface area contributed by atoms with Gasteiger partial charge in [0.05, 0.1) is 29.8 Å². The highest BCUT2D eigenvalue weighted by molar-refractivity contribution is 5.51. The van der Waals surface area contributed by atoms with Crippen LogP contribution in [-0.4, -0.2) is 19.6 Å². The lowest BCUT2D eigenvalue weighted by molar-refractivity contribution is 0.571. The maximum atomic E-state index is 14.0. The Hall–Kier alpha value is -2.63. The van der Waals surface area contributed by atoms with E-state index in [9.17, 15) is 4.39 Å². The summed E-state index contributed by atoms with van der Waals surface area (Å²) in [5, 5.41) is 12.3. The Labute approximate surface area is 140 Å². The van der Waals surface area contributed by atoms with Crippen LogP contribution < -0.4 is 5.32 Å². The molecule has 2 aromatic heterocycles. The van der Waals surface area contributed by atoms with Crippen molar-refractivity contribution in [3.63, 3.8) is 0 Å². The third-order valence-corrected chi connectivity index (χ3v) is 4.80. The fourth-order valence-corrected chi connectivity index (χ4v) is 3.46. The van der Waals surface area contributed by atoms with Gasteiger partial charge in [0, 0.05) is 18.3 Å². The van der Waals surface area contributed by atoms with Crippen LogP contribution in [0.5, 0.6) is 0 Å². The maximum Gasteiger partial charge on any atom is 0.148 e. The molecule has 6 heteroatoms. The third kappa shape index (κ3) is 2.38. The molecule has 0 spiro atoms. The van der Waals surface area contributed by atoms with Crippen molar-refractivity contribution >= 4 is 5.69 Å². The van der Waals surface area contributed by atoms with Crippen LogP contribution in [0.3, 0.4) is 0 Å². The van der Waals surface area contributed by atoms with Gasteiger partial charge in [-0.25, -0.2) is 9.07 Å². The third-order valence-electron chi connectivity index (χ3n) is 4.80. The van der Waals surface area contributed by atoms with E-state index in [0.29, 0.717) is 5.69 Å². The SMILES string of the molecule is Cc1c(N[C@H]2CCCc3c2cnn3C)cnn1-c1ccccc1F. The summed E-state index contributed by atoms with van der Waals surface area (Å²) in [4.78, 5) is 0. The first-order chi connectivity index (χ1) is 11.6. The molecule has 1 atom stereocenters. The van der Waals surface area contributed by atoms with E-state index in [1.807, 2.05) is 30.9 Å². The molecule has 0 unspecified atom stereocenters. The molecule has 0 radical (unpaired) electrons. The second-order valence-corrected chi connectivity index (χ2v) is 6.27. The monoisotopic (exact) mass is 325 g/mol. The normalized spacial score (nSPS) is 16.9. The van der Waals surface area contributed by atoms with Crippen LogP contribution in [0.1, 0.15) is 35.8 Å². The van der Waals surface area contributed by atoms with Crippen molar-refractivity contribution in [2.75, 3.05) is 5.32 Å². The average Bonchev–Trinajstić information content (AvgIpc) is 3.13. The van der Waals surface area contributed by atoms with Crippen LogP contribution in [0.15, 0.2) is 36.7 Å². The van der Waals surface area contributed by atoms with Gasteiger partial charge in [0.2, 0.25) is 0 Å². The van der Waals surface area contributed by atoms with Gasteiger partial charge < -0.3 is 5.32 Å². The minimum absolute atomic E-state index is 0.222. The van der Waals surface area contributed by atoms with Crippen molar-refractivity contribution in [2.24, 2.45) is 7.05 Å². The topological polar surface area (TPSA) is 47.7 Å². The van der Waals surface area contributed by atoms with Gasteiger partial charge in [-0.15, -0.1) is 0 Å². The van der Waals surface area contributed by atoms with Gasteiger partial charge in [0.15, 0.2) is 0 Å². The number of halogens is 1. The van der Waals surface area contributed by atoms with E-state index in [4.69, 9.17) is 0 Å². The van der Waals surface area contributed by atoms with E-state index in [0.717, 1.165) is 30.6 Å². The molecule has 0 amide bonds. The zero-order valence-corrected chi connectivity index (χ0v) is 13.8. The summed E-state index contributed by atoms with van der Waals surface area (Å²) in [6.07, 6.45) is 6.97. The molecular weight excluding hydrogens is 305 g/mol. The number of hydrogen-bond donors (Lipinski definition) is 1. The Bertz CT molecular complexity index is 879. The molecule has 24 heavy (non-hydrogen) atoms. The van der Waals surface area contributed by atoms with Crippen LogP contribution in [-0.2, 0) is 13.5 Å². The number of nitrogens with zero attached hydrogens (tertiary/aromatic N) is 4. The molecule has 3 aromatic rings. The highest BCUT2D eigenvalue weighted by Crippen LogP contribution is 2.33. The van der Waals surface area contributed by atoms with E-state index in [-0.39, 0.29) is 11.9 Å². The van der Waals surface area contributed by atoms with Gasteiger partial charge in [0.1, 0.15) is 11.5 Å². The predicted molar refractivity (Wildman–Crippen MR) is 90.8 cm³/mol. The quantitative estimate of drug-likeness (QED) is 0.801. The summed E-state index contributed by atoms with van der Waals surface area (Å²) in [6.45, 7) is 1.95. The molecular formula is C18H20FN5. The van der Waals surface area contributed by atoms with Crippen LogP contribution >= 0.6 is 0 Å². The second kappa shape index (κ2) is 5.78. The van der Waals surface area contributed by atoms with E-state index in [1.54, 1.807) is 23.0 Å². The summed E-state index contributed by atoms with van der Waals surface area (Å²) < 4.78 is 17.6. The van der Waals surface area contributed by atoms with Gasteiger partial charge in [-0.3, -0.25) is 4.68 Å². The van der Waals surface area contributed by atoms with Gasteiger partial charge in [-0.2, -0.15) is 10.2 Å². The number of nitrogens with one attached hydrogen (secondary N) is 1. The number of benzene rings is 1. The Balaban J connectivity index is 1.65. The lowest BCUT2D eigenvalue weighted by Gasteiger charge is -2.24. The molecule has 2 heterocycles. The smallest absolute Gasteiger partial charge is 0.148 e. The molecule has 0 aliphatic heterocycles. The average molecular weight is 325 g/mol. The van der Waals surface area contributed by atoms with E-state index < -0.39 is 0 Å². The van der Waals surface area contributed by atoms with Gasteiger partial charge in [-0.05, 0) is 38.3 Å². The van der Waals surface area contributed by atoms with E-state index in [1.165, 1.54) is 17.3 Å². The highest BCUT2D eigenvalue weighted by Gasteiger charge is 2.24. The lowest BCUT2D eigenvalue weighted by atomic mass is 9.93. The minimum atomic E-state index is -0.275. The highest BCUT2D eigenvalue weighted by atomic mass is 19.1. The molecule has 0 saturated carbocycles. The van der Waals surface area contributed by atoms with Crippen molar-refractivity contribution < 1.29 is 4.39 Å². The Morgan fingerprint density at radius 1 is 1.21 bits per heavy atom. The Morgan fingerprint density at radius 2 is 2.04 bits per heavy atom. The van der Waals surface area contributed by atoms with Crippen molar-refractivity contribution in [1.29, 1.82) is 0 Å². The largest absolute Gasteiger partial charge is 0.375 e. The van der Waals surface area contributed by atoms with Crippen LogP contribution in [0.2, 0.25) is 0 Å². The summed E-state index contributed by atoms with van der Waals surface area (Å²) in [5.41, 5.74) is 4.84. The Kier molecular flexibility index (Phi) is 3.59. The molecule has 1 aliphatic rings. The fourth-order valence-electron chi connectivity index (χ4n) is 3.46. The summed E-state index contributed by atoms with van der Waals surface area (Å²) in [7, 11) is 1.99. The second-order valence-electron chi connectivity index (χ2n) is 6.27. The van der Waals surface area contributed by atoms with Crippen molar-refractivity contribution in [1.82, 2.24) is 19.6 Å². The standard InChI is InChI=1S/C18H20FN5/c1-12-16(11-21-24(12)18-8-4-3-6-14(18)19)22-15-7-5-9-17-13(15)10-20-23(17)2/h3-4,6,8,10-11,15,22H,5,7,9H2,1-2H3/t15-/m0/s1. The number of aromatic nitrogens is 4. The summed E-state index contributed by atoms with van der Waals surface area (Å²) in [5.74, 6) is -0.275. The van der Waals surface area contributed by atoms with Crippen LogP contribution in [0, 0.1) is 12.7 Å². The zero-order valence-electron chi connectivity index (χ0n) is 13.8. The number of aryl methyl sites for hydroxylation is 1. The minimum Gasteiger partial charge on any atom is -0.375 e. The van der Waals surface area contributed by atoms with Crippen LogP contribution in [0.25, 0.3) is 5.69 Å².